The van der Waals surface area contributed by atoms with Crippen molar-refractivity contribution in [2.45, 2.75) is 52.4 Å². The molecule has 0 heterocycles. The Morgan fingerprint density at radius 2 is 1.10 bits per heavy atom. The topological polar surface area (TPSA) is 30.9 Å². The number of benzene rings is 2. The molecule has 0 saturated carbocycles. The normalized spacial score (nSPS) is 10.7. The van der Waals surface area contributed by atoms with E-state index < -0.39 is 0 Å². The van der Waals surface area contributed by atoms with Gasteiger partial charge >= 0.3 is 0 Å². The van der Waals surface area contributed by atoms with E-state index in [0.717, 1.165) is 76.4 Å². The van der Waals surface area contributed by atoms with E-state index in [4.69, 9.17) is 14.2 Å². The molecule has 0 aliphatic carbocycles. The molecule has 0 saturated heterocycles. The smallest absolute Gasteiger partial charge is 0.119 e. The van der Waals surface area contributed by atoms with Crippen molar-refractivity contribution in [3.8, 4) is 11.5 Å². The van der Waals surface area contributed by atoms with Crippen molar-refractivity contribution in [2.24, 2.45) is 0 Å². The van der Waals surface area contributed by atoms with E-state index in [0.29, 0.717) is 0 Å². The lowest BCUT2D eigenvalue weighted by Crippen LogP contribution is -2.18. The largest absolute Gasteiger partial charge is 0.494 e. The van der Waals surface area contributed by atoms with E-state index in [1.807, 2.05) is 0 Å². The molecule has 0 N–H and O–H groups in total. The molecule has 0 aliphatic heterocycles. The Morgan fingerprint density at radius 3 is 1.52 bits per heavy atom. The number of nitrogens with zero attached hydrogens (tertiary/aromatic N) is 1. The molecule has 0 fully saturated rings. The van der Waals surface area contributed by atoms with Crippen LogP contribution >= 0.6 is 0 Å². The Morgan fingerprint density at radius 1 is 0.621 bits per heavy atom. The molecule has 0 bridgehead atoms. The van der Waals surface area contributed by atoms with Gasteiger partial charge in [-0.2, -0.15) is 0 Å². The van der Waals surface area contributed by atoms with E-state index in [1.165, 1.54) is 11.4 Å². The van der Waals surface area contributed by atoms with Gasteiger partial charge < -0.3 is 19.1 Å². The second kappa shape index (κ2) is 13.9. The Balaban J connectivity index is 2.07. The van der Waals surface area contributed by atoms with Crippen molar-refractivity contribution in [1.82, 2.24) is 0 Å². The summed E-state index contributed by atoms with van der Waals surface area (Å²) in [5, 5.41) is 0. The molecule has 0 amide bonds. The highest BCUT2D eigenvalue weighted by molar-refractivity contribution is 5.64. The van der Waals surface area contributed by atoms with Crippen LogP contribution in [0.4, 0.5) is 11.4 Å². The number of anilines is 2. The zero-order valence-corrected chi connectivity index (χ0v) is 18.4. The summed E-state index contributed by atoms with van der Waals surface area (Å²) in [7, 11) is 1.76. The highest BCUT2D eigenvalue weighted by Crippen LogP contribution is 2.29. The molecule has 2 aromatic carbocycles. The summed E-state index contributed by atoms with van der Waals surface area (Å²) in [6.07, 6.45) is 6.57. The molecular weight excluding hydrogens is 362 g/mol. The fourth-order valence-corrected chi connectivity index (χ4v) is 3.04. The van der Waals surface area contributed by atoms with Crippen molar-refractivity contribution >= 4 is 11.4 Å². The molecule has 0 radical (unpaired) electrons. The molecule has 4 heteroatoms. The summed E-state index contributed by atoms with van der Waals surface area (Å²) in [6.45, 7) is 7.63. The molecule has 0 atom stereocenters. The van der Waals surface area contributed by atoms with Crippen LogP contribution < -0.4 is 14.4 Å². The van der Waals surface area contributed by atoms with Crippen LogP contribution in [0.1, 0.15) is 52.4 Å². The first-order valence-electron chi connectivity index (χ1n) is 11.0. The van der Waals surface area contributed by atoms with Crippen LogP contribution in [0.25, 0.3) is 0 Å². The number of hydrogen-bond acceptors (Lipinski definition) is 4. The van der Waals surface area contributed by atoms with E-state index in [9.17, 15) is 0 Å². The summed E-state index contributed by atoms with van der Waals surface area (Å²) >= 11 is 0. The minimum atomic E-state index is 0.774. The standard InChI is InChI=1S/C25H37NO3/c1-4-6-20-28-24-14-10-22(11-15-24)26(18-8-9-19-27-3)23-12-16-25(17-13-23)29-21-7-5-2/h10-17H,4-9,18-21H2,1-3H3. The maximum Gasteiger partial charge on any atom is 0.119 e. The Hall–Kier alpha value is -2.20. The first-order valence-corrected chi connectivity index (χ1v) is 11.0. The Kier molecular flexibility index (Phi) is 11.1. The molecule has 0 unspecified atom stereocenters. The summed E-state index contributed by atoms with van der Waals surface area (Å²) in [6, 6.07) is 16.8. The predicted octanol–water partition coefficient (Wildman–Crippen LogP) is 6.61. The summed E-state index contributed by atoms with van der Waals surface area (Å²) in [5.41, 5.74) is 2.34. The lowest BCUT2D eigenvalue weighted by molar-refractivity contribution is 0.193. The van der Waals surface area contributed by atoms with E-state index >= 15 is 0 Å². The van der Waals surface area contributed by atoms with Gasteiger partial charge in [0.2, 0.25) is 0 Å². The number of unbranched alkanes of at least 4 members (excludes halogenated alkanes) is 3. The van der Waals surface area contributed by atoms with Crippen molar-refractivity contribution in [3.05, 3.63) is 48.5 Å². The van der Waals surface area contributed by atoms with Gasteiger partial charge in [-0.05, 0) is 74.2 Å². The molecule has 0 spiro atoms. The van der Waals surface area contributed by atoms with E-state index in [2.05, 4.69) is 67.3 Å². The van der Waals surface area contributed by atoms with E-state index in [-0.39, 0.29) is 0 Å². The second-order valence-corrected chi connectivity index (χ2v) is 7.24. The summed E-state index contributed by atoms with van der Waals surface area (Å²) < 4.78 is 16.8. The number of methoxy groups -OCH3 is 1. The number of ether oxygens (including phenoxy) is 3. The highest BCUT2D eigenvalue weighted by atomic mass is 16.5. The fourth-order valence-electron chi connectivity index (χ4n) is 3.04. The molecule has 0 aromatic heterocycles. The molecule has 2 rings (SSSR count). The Labute approximate surface area is 176 Å². The van der Waals surface area contributed by atoms with Gasteiger partial charge in [0, 0.05) is 31.6 Å². The Bertz CT molecular complexity index is 601. The minimum Gasteiger partial charge on any atom is -0.494 e. The van der Waals surface area contributed by atoms with Crippen LogP contribution in [0.5, 0.6) is 11.5 Å². The van der Waals surface area contributed by atoms with Gasteiger partial charge in [0.25, 0.3) is 0 Å². The SMILES string of the molecule is CCCCOc1ccc(N(CCCCOC)c2ccc(OCCCC)cc2)cc1. The van der Waals surface area contributed by atoms with Crippen LogP contribution in [-0.2, 0) is 4.74 Å². The monoisotopic (exact) mass is 399 g/mol. The van der Waals surface area contributed by atoms with Gasteiger partial charge in [-0.1, -0.05) is 26.7 Å². The quantitative estimate of drug-likeness (QED) is 0.315. The van der Waals surface area contributed by atoms with Gasteiger partial charge in [0.05, 0.1) is 13.2 Å². The average molecular weight is 400 g/mol. The van der Waals surface area contributed by atoms with Crippen molar-refractivity contribution in [2.75, 3.05) is 38.4 Å². The van der Waals surface area contributed by atoms with Gasteiger partial charge in [-0.3, -0.25) is 0 Å². The number of rotatable bonds is 15. The van der Waals surface area contributed by atoms with Gasteiger partial charge in [-0.15, -0.1) is 0 Å². The zero-order valence-electron chi connectivity index (χ0n) is 18.4. The third-order valence-corrected chi connectivity index (χ3v) is 4.81. The third-order valence-electron chi connectivity index (χ3n) is 4.81. The molecule has 4 nitrogen and oxygen atoms in total. The molecular formula is C25H37NO3. The summed E-state index contributed by atoms with van der Waals surface area (Å²) in [5.74, 6) is 1.86. The maximum absolute atomic E-state index is 5.81. The molecule has 29 heavy (non-hydrogen) atoms. The van der Waals surface area contributed by atoms with Crippen molar-refractivity contribution in [3.63, 3.8) is 0 Å². The predicted molar refractivity (Wildman–Crippen MR) is 122 cm³/mol. The fraction of sp³-hybridized carbons (Fsp3) is 0.520. The minimum absolute atomic E-state index is 0.774. The molecule has 0 aliphatic rings. The van der Waals surface area contributed by atoms with Gasteiger partial charge in [0.15, 0.2) is 0 Å². The van der Waals surface area contributed by atoms with Crippen LogP contribution in [-0.4, -0.2) is 33.5 Å². The molecule has 2 aromatic rings. The summed E-state index contributed by atoms with van der Waals surface area (Å²) in [4.78, 5) is 2.35. The average Bonchev–Trinajstić information content (AvgIpc) is 2.76. The lowest BCUT2D eigenvalue weighted by atomic mass is 10.2. The second-order valence-electron chi connectivity index (χ2n) is 7.24. The number of hydrogen-bond donors (Lipinski definition) is 0. The first kappa shape index (κ1) is 23.1. The third kappa shape index (κ3) is 8.36. The van der Waals surface area contributed by atoms with Crippen LogP contribution in [0.3, 0.4) is 0 Å². The molecule has 160 valence electrons. The van der Waals surface area contributed by atoms with Crippen molar-refractivity contribution in [1.29, 1.82) is 0 Å². The first-order chi connectivity index (χ1) is 14.3. The zero-order chi connectivity index (χ0) is 20.7. The lowest BCUT2D eigenvalue weighted by Gasteiger charge is -2.25. The van der Waals surface area contributed by atoms with Gasteiger partial charge in [-0.25, -0.2) is 0 Å². The highest BCUT2D eigenvalue weighted by Gasteiger charge is 2.10. The van der Waals surface area contributed by atoms with Gasteiger partial charge in [0.1, 0.15) is 11.5 Å². The van der Waals surface area contributed by atoms with E-state index in [1.54, 1.807) is 7.11 Å². The van der Waals surface area contributed by atoms with Crippen LogP contribution in [0.15, 0.2) is 48.5 Å². The van der Waals surface area contributed by atoms with Crippen LogP contribution in [0, 0.1) is 0 Å². The van der Waals surface area contributed by atoms with Crippen LogP contribution in [0.2, 0.25) is 0 Å². The maximum atomic E-state index is 5.81. The van der Waals surface area contributed by atoms with Crippen molar-refractivity contribution < 1.29 is 14.2 Å².